The monoisotopic (exact) mass is 238 g/mol. The molecule has 1 aromatic carbocycles. The highest BCUT2D eigenvalue weighted by molar-refractivity contribution is 8.00. The highest BCUT2D eigenvalue weighted by Crippen LogP contribution is 2.53. The highest BCUT2D eigenvalue weighted by atomic mass is 35.5. The molecule has 0 radical (unpaired) electrons. The number of benzene rings is 1. The number of fused-ring (bicyclic) bond motifs is 2. The van der Waals surface area contributed by atoms with Crippen molar-refractivity contribution in [1.82, 2.24) is 0 Å². The summed E-state index contributed by atoms with van der Waals surface area (Å²) in [6.07, 6.45) is 4.14. The minimum absolute atomic E-state index is 0.411. The Hall–Kier alpha value is -0.140. The van der Waals surface area contributed by atoms with Crippen LogP contribution in [0.3, 0.4) is 0 Å². The zero-order valence-corrected chi connectivity index (χ0v) is 10.2. The van der Waals surface area contributed by atoms with Gasteiger partial charge in [-0.05, 0) is 43.2 Å². The molecule has 0 unspecified atom stereocenters. The maximum atomic E-state index is 6.50. The molecule has 0 nitrogen and oxygen atoms in total. The van der Waals surface area contributed by atoms with Crippen molar-refractivity contribution in [1.29, 1.82) is 0 Å². The third-order valence-electron chi connectivity index (χ3n) is 3.76. The highest BCUT2D eigenvalue weighted by Gasteiger charge is 2.46. The summed E-state index contributed by atoms with van der Waals surface area (Å²) < 4.78 is 0. The predicted octanol–water partition coefficient (Wildman–Crippen LogP) is 4.18. The van der Waals surface area contributed by atoms with Gasteiger partial charge in [-0.2, -0.15) is 0 Å². The van der Waals surface area contributed by atoms with Crippen molar-refractivity contribution < 1.29 is 0 Å². The molecular formula is C13H15ClS. The zero-order valence-electron chi connectivity index (χ0n) is 8.60. The second-order valence-electron chi connectivity index (χ2n) is 4.67. The van der Waals surface area contributed by atoms with E-state index in [2.05, 4.69) is 30.3 Å². The van der Waals surface area contributed by atoms with Gasteiger partial charge in [0.25, 0.3) is 0 Å². The first-order valence-corrected chi connectivity index (χ1v) is 7.02. The molecule has 2 aliphatic rings. The van der Waals surface area contributed by atoms with Crippen LogP contribution in [0.4, 0.5) is 0 Å². The van der Waals surface area contributed by atoms with Gasteiger partial charge in [-0.25, -0.2) is 0 Å². The van der Waals surface area contributed by atoms with Gasteiger partial charge in [0, 0.05) is 15.5 Å². The van der Waals surface area contributed by atoms with Crippen molar-refractivity contribution in [3.63, 3.8) is 0 Å². The molecule has 2 fully saturated rings. The number of hydrogen-bond acceptors (Lipinski definition) is 1. The Balaban J connectivity index is 1.74. The van der Waals surface area contributed by atoms with Crippen LogP contribution in [0.25, 0.3) is 0 Å². The van der Waals surface area contributed by atoms with Crippen LogP contribution in [-0.2, 0) is 0 Å². The van der Waals surface area contributed by atoms with Gasteiger partial charge in [-0.1, -0.05) is 18.2 Å². The van der Waals surface area contributed by atoms with Crippen molar-refractivity contribution in [3.05, 3.63) is 30.3 Å². The third kappa shape index (κ3) is 1.81. The molecule has 3 rings (SSSR count). The molecule has 2 aliphatic carbocycles. The topological polar surface area (TPSA) is 0 Å². The molecule has 0 aromatic heterocycles. The van der Waals surface area contributed by atoms with Crippen LogP contribution < -0.4 is 0 Å². The van der Waals surface area contributed by atoms with Crippen molar-refractivity contribution in [2.45, 2.75) is 34.8 Å². The number of alkyl halides is 1. The van der Waals surface area contributed by atoms with Crippen molar-refractivity contribution in [2.75, 3.05) is 0 Å². The summed E-state index contributed by atoms with van der Waals surface area (Å²) >= 11 is 8.49. The van der Waals surface area contributed by atoms with Gasteiger partial charge in [-0.3, -0.25) is 0 Å². The Labute approximate surface area is 100 Å². The molecule has 4 atom stereocenters. The number of halogens is 1. The minimum atomic E-state index is 0.411. The Bertz CT molecular complexity index is 336. The molecule has 0 heterocycles. The predicted molar refractivity (Wildman–Crippen MR) is 66.6 cm³/mol. The summed E-state index contributed by atoms with van der Waals surface area (Å²) in [5.41, 5.74) is 0. The molecule has 0 spiro atoms. The van der Waals surface area contributed by atoms with Gasteiger partial charge >= 0.3 is 0 Å². The number of rotatable bonds is 2. The average Bonchev–Trinajstić information content (AvgIpc) is 2.84. The summed E-state index contributed by atoms with van der Waals surface area (Å²) in [5, 5.41) is 1.07. The second kappa shape index (κ2) is 4.03. The molecule has 2 saturated carbocycles. The van der Waals surface area contributed by atoms with Gasteiger partial charge in [0.1, 0.15) is 0 Å². The Morgan fingerprint density at radius 2 is 1.80 bits per heavy atom. The van der Waals surface area contributed by atoms with Crippen molar-refractivity contribution in [2.24, 2.45) is 11.8 Å². The summed E-state index contributed by atoms with van der Waals surface area (Å²) in [7, 11) is 0. The molecule has 0 N–H and O–H groups in total. The SMILES string of the molecule is Cl[C@H]1[C@H]2CC[C@H](C2)[C@@H]1Sc1ccccc1. The first-order valence-electron chi connectivity index (χ1n) is 5.70. The third-order valence-corrected chi connectivity index (χ3v) is 6.03. The fraction of sp³-hybridized carbons (Fsp3) is 0.538. The van der Waals surface area contributed by atoms with E-state index in [0.717, 1.165) is 11.8 Å². The van der Waals surface area contributed by atoms with E-state index in [9.17, 15) is 0 Å². The molecule has 0 saturated heterocycles. The first kappa shape index (κ1) is 10.0. The molecule has 0 aliphatic heterocycles. The summed E-state index contributed by atoms with van der Waals surface area (Å²) in [6, 6.07) is 10.7. The van der Waals surface area contributed by atoms with Crippen LogP contribution in [0, 0.1) is 11.8 Å². The Morgan fingerprint density at radius 1 is 1.07 bits per heavy atom. The number of hydrogen-bond donors (Lipinski definition) is 0. The van der Waals surface area contributed by atoms with Crippen LogP contribution in [0.2, 0.25) is 0 Å². The minimum Gasteiger partial charge on any atom is -0.121 e. The summed E-state index contributed by atoms with van der Waals surface area (Å²) in [5.74, 6) is 1.68. The van der Waals surface area contributed by atoms with E-state index < -0.39 is 0 Å². The lowest BCUT2D eigenvalue weighted by Crippen LogP contribution is -2.24. The lowest BCUT2D eigenvalue weighted by Gasteiger charge is -2.25. The van der Waals surface area contributed by atoms with Gasteiger partial charge in [0.2, 0.25) is 0 Å². The van der Waals surface area contributed by atoms with Crippen LogP contribution in [0.5, 0.6) is 0 Å². The zero-order chi connectivity index (χ0) is 10.3. The van der Waals surface area contributed by atoms with Crippen LogP contribution >= 0.6 is 23.4 Å². The second-order valence-corrected chi connectivity index (χ2v) is 6.43. The standard InChI is InChI=1S/C13H15ClS/c14-12-9-6-7-10(8-9)13(12)15-11-4-2-1-3-5-11/h1-5,9-10,12-13H,6-8H2/t9-,10+,12-,13-/m0/s1. The molecule has 2 bridgehead atoms. The van der Waals surface area contributed by atoms with E-state index >= 15 is 0 Å². The van der Waals surface area contributed by atoms with Gasteiger partial charge in [0.05, 0.1) is 0 Å². The van der Waals surface area contributed by atoms with E-state index in [1.807, 2.05) is 11.8 Å². The Kier molecular flexibility index (Phi) is 2.70. The number of thioether (sulfide) groups is 1. The lowest BCUT2D eigenvalue weighted by atomic mass is 10.00. The smallest absolute Gasteiger partial charge is 0.0489 e. The maximum absolute atomic E-state index is 6.50. The molecule has 80 valence electrons. The summed E-state index contributed by atoms with van der Waals surface area (Å²) in [6.45, 7) is 0. The van der Waals surface area contributed by atoms with E-state index in [4.69, 9.17) is 11.6 Å². The molecule has 15 heavy (non-hydrogen) atoms. The van der Waals surface area contributed by atoms with E-state index in [1.165, 1.54) is 24.2 Å². The van der Waals surface area contributed by atoms with Crippen LogP contribution in [-0.4, -0.2) is 10.6 Å². The van der Waals surface area contributed by atoms with E-state index in [1.54, 1.807) is 0 Å². The average molecular weight is 239 g/mol. The molecule has 2 heteroatoms. The van der Waals surface area contributed by atoms with Gasteiger partial charge in [-0.15, -0.1) is 23.4 Å². The lowest BCUT2D eigenvalue weighted by molar-refractivity contribution is 0.499. The summed E-state index contributed by atoms with van der Waals surface area (Å²) in [4.78, 5) is 1.38. The first-order chi connectivity index (χ1) is 7.34. The van der Waals surface area contributed by atoms with Gasteiger partial charge < -0.3 is 0 Å². The van der Waals surface area contributed by atoms with Crippen LogP contribution in [0.15, 0.2) is 35.2 Å². The van der Waals surface area contributed by atoms with E-state index in [-0.39, 0.29) is 0 Å². The molecular weight excluding hydrogens is 224 g/mol. The van der Waals surface area contributed by atoms with Crippen LogP contribution in [0.1, 0.15) is 19.3 Å². The molecule has 0 amide bonds. The maximum Gasteiger partial charge on any atom is 0.0489 e. The van der Waals surface area contributed by atoms with Crippen molar-refractivity contribution >= 4 is 23.4 Å². The quantitative estimate of drug-likeness (QED) is 0.697. The fourth-order valence-electron chi connectivity index (χ4n) is 2.99. The largest absolute Gasteiger partial charge is 0.121 e. The fourth-order valence-corrected chi connectivity index (χ4v) is 5.00. The van der Waals surface area contributed by atoms with Crippen molar-refractivity contribution in [3.8, 4) is 0 Å². The molecule has 1 aromatic rings. The van der Waals surface area contributed by atoms with Gasteiger partial charge in [0.15, 0.2) is 0 Å². The van der Waals surface area contributed by atoms with E-state index in [0.29, 0.717) is 10.6 Å². The Morgan fingerprint density at radius 3 is 2.47 bits per heavy atom. The normalized spacial score (nSPS) is 38.5.